The van der Waals surface area contributed by atoms with Gasteiger partial charge in [-0.1, -0.05) is 198 Å². The largest absolute Gasteiger partial charge is 0.462 e. The first-order valence-electron chi connectivity index (χ1n) is 24.5. The van der Waals surface area contributed by atoms with E-state index in [-0.39, 0.29) is 31.1 Å². The molecule has 0 spiro atoms. The maximum absolute atomic E-state index is 12.7. The van der Waals surface area contributed by atoms with Crippen molar-refractivity contribution in [2.24, 2.45) is 0 Å². The molecule has 332 valence electrons. The van der Waals surface area contributed by atoms with Crippen LogP contribution in [0.4, 0.5) is 0 Å². The molecule has 0 bridgehead atoms. The SMILES string of the molecule is CCCC/C=C\C/C=C\CCCCCCCC(=O)OC(COC(=O)CCCCCCC/C=C\CCCCCCCCC)COC(=O)CCCCCCCCCCC. The van der Waals surface area contributed by atoms with Gasteiger partial charge >= 0.3 is 17.9 Å². The predicted molar refractivity (Wildman–Crippen MR) is 242 cm³/mol. The third-order valence-electron chi connectivity index (χ3n) is 10.6. The van der Waals surface area contributed by atoms with Crippen LogP contribution in [0.15, 0.2) is 36.5 Å². The zero-order valence-corrected chi connectivity index (χ0v) is 37.9. The number of allylic oxidation sites excluding steroid dienone is 6. The summed E-state index contributed by atoms with van der Waals surface area (Å²) in [4.78, 5) is 37.8. The minimum atomic E-state index is -0.777. The van der Waals surface area contributed by atoms with Gasteiger partial charge < -0.3 is 14.2 Å². The van der Waals surface area contributed by atoms with E-state index in [2.05, 4.69) is 57.2 Å². The fourth-order valence-electron chi connectivity index (χ4n) is 6.86. The summed E-state index contributed by atoms with van der Waals surface area (Å²) in [5.41, 5.74) is 0. The highest BCUT2D eigenvalue weighted by Gasteiger charge is 2.19. The highest BCUT2D eigenvalue weighted by atomic mass is 16.6. The fraction of sp³-hybridized carbons (Fsp3) is 0.824. The van der Waals surface area contributed by atoms with Crippen LogP contribution >= 0.6 is 0 Å². The topological polar surface area (TPSA) is 78.9 Å². The number of carbonyl (C=O) groups is 3. The lowest BCUT2D eigenvalue weighted by atomic mass is 10.1. The average molecular weight is 801 g/mol. The minimum Gasteiger partial charge on any atom is -0.462 e. The van der Waals surface area contributed by atoms with Crippen molar-refractivity contribution in [2.75, 3.05) is 13.2 Å². The zero-order valence-electron chi connectivity index (χ0n) is 37.9. The molecule has 0 heterocycles. The first kappa shape index (κ1) is 54.6. The third kappa shape index (κ3) is 44.6. The first-order chi connectivity index (χ1) is 28.0. The first-order valence-corrected chi connectivity index (χ1v) is 24.5. The second kappa shape index (κ2) is 46.3. The molecule has 0 rings (SSSR count). The van der Waals surface area contributed by atoms with E-state index >= 15 is 0 Å². The normalized spacial score (nSPS) is 12.3. The lowest BCUT2D eigenvalue weighted by Gasteiger charge is -2.18. The average Bonchev–Trinajstić information content (AvgIpc) is 3.21. The molecule has 6 nitrogen and oxygen atoms in total. The van der Waals surface area contributed by atoms with E-state index in [4.69, 9.17) is 14.2 Å². The van der Waals surface area contributed by atoms with Gasteiger partial charge in [0.05, 0.1) is 0 Å². The number of carbonyl (C=O) groups excluding carboxylic acids is 3. The molecule has 0 radical (unpaired) electrons. The Morgan fingerprint density at radius 1 is 0.351 bits per heavy atom. The van der Waals surface area contributed by atoms with Crippen molar-refractivity contribution in [2.45, 2.75) is 258 Å². The van der Waals surface area contributed by atoms with Gasteiger partial charge in [0, 0.05) is 19.3 Å². The lowest BCUT2D eigenvalue weighted by Crippen LogP contribution is -2.30. The molecule has 1 unspecified atom stereocenters. The molecule has 0 aromatic rings. The molecular formula is C51H92O6. The highest BCUT2D eigenvalue weighted by molar-refractivity contribution is 5.71. The van der Waals surface area contributed by atoms with Crippen LogP contribution in [-0.4, -0.2) is 37.2 Å². The van der Waals surface area contributed by atoms with Crippen LogP contribution in [0.3, 0.4) is 0 Å². The van der Waals surface area contributed by atoms with E-state index < -0.39 is 6.10 Å². The van der Waals surface area contributed by atoms with Crippen molar-refractivity contribution in [1.82, 2.24) is 0 Å². The second-order valence-corrected chi connectivity index (χ2v) is 16.4. The van der Waals surface area contributed by atoms with Crippen LogP contribution in [0.5, 0.6) is 0 Å². The molecule has 0 saturated carbocycles. The smallest absolute Gasteiger partial charge is 0.306 e. The van der Waals surface area contributed by atoms with Gasteiger partial charge in [0.2, 0.25) is 0 Å². The molecule has 0 aliphatic rings. The van der Waals surface area contributed by atoms with Gasteiger partial charge in [0.25, 0.3) is 0 Å². The van der Waals surface area contributed by atoms with E-state index in [9.17, 15) is 14.4 Å². The van der Waals surface area contributed by atoms with Crippen molar-refractivity contribution >= 4 is 17.9 Å². The van der Waals surface area contributed by atoms with Gasteiger partial charge in [-0.25, -0.2) is 0 Å². The maximum atomic E-state index is 12.7. The molecular weight excluding hydrogens is 709 g/mol. The van der Waals surface area contributed by atoms with Crippen LogP contribution in [0.25, 0.3) is 0 Å². The minimum absolute atomic E-state index is 0.0785. The summed E-state index contributed by atoms with van der Waals surface area (Å²) in [6.07, 6.45) is 52.7. The zero-order chi connectivity index (χ0) is 41.5. The summed E-state index contributed by atoms with van der Waals surface area (Å²) in [7, 11) is 0. The van der Waals surface area contributed by atoms with E-state index in [1.54, 1.807) is 0 Å². The van der Waals surface area contributed by atoms with Crippen molar-refractivity contribution < 1.29 is 28.6 Å². The molecule has 0 aliphatic heterocycles. The molecule has 57 heavy (non-hydrogen) atoms. The van der Waals surface area contributed by atoms with E-state index in [1.165, 1.54) is 122 Å². The number of rotatable bonds is 44. The van der Waals surface area contributed by atoms with Crippen LogP contribution in [0.1, 0.15) is 252 Å². The van der Waals surface area contributed by atoms with Gasteiger partial charge in [0.1, 0.15) is 13.2 Å². The predicted octanol–water partition coefficient (Wildman–Crippen LogP) is 15.8. The van der Waals surface area contributed by atoms with E-state index in [0.29, 0.717) is 19.3 Å². The van der Waals surface area contributed by atoms with Crippen LogP contribution in [0, 0.1) is 0 Å². The van der Waals surface area contributed by atoms with Gasteiger partial charge in [0.15, 0.2) is 6.10 Å². The quantitative estimate of drug-likeness (QED) is 0.0264. The summed E-state index contributed by atoms with van der Waals surface area (Å²) in [6, 6.07) is 0. The van der Waals surface area contributed by atoms with Crippen LogP contribution in [-0.2, 0) is 28.6 Å². The Kier molecular flexibility index (Phi) is 44.4. The van der Waals surface area contributed by atoms with Crippen molar-refractivity contribution in [1.29, 1.82) is 0 Å². The van der Waals surface area contributed by atoms with Crippen molar-refractivity contribution in [3.63, 3.8) is 0 Å². The van der Waals surface area contributed by atoms with Crippen molar-refractivity contribution in [3.8, 4) is 0 Å². The van der Waals surface area contributed by atoms with E-state index in [0.717, 1.165) is 89.9 Å². The number of ether oxygens (including phenoxy) is 3. The molecule has 0 N–H and O–H groups in total. The molecule has 0 aliphatic carbocycles. The summed E-state index contributed by atoms with van der Waals surface area (Å²) in [5.74, 6) is -0.899. The Morgan fingerprint density at radius 3 is 1.04 bits per heavy atom. The summed E-state index contributed by atoms with van der Waals surface area (Å²) < 4.78 is 16.7. The number of hydrogen-bond donors (Lipinski definition) is 0. The highest BCUT2D eigenvalue weighted by Crippen LogP contribution is 2.14. The van der Waals surface area contributed by atoms with Gasteiger partial charge in [-0.05, 0) is 70.6 Å². The number of hydrogen-bond acceptors (Lipinski definition) is 6. The lowest BCUT2D eigenvalue weighted by molar-refractivity contribution is -0.167. The molecule has 6 heteroatoms. The van der Waals surface area contributed by atoms with E-state index in [1.807, 2.05) is 0 Å². The molecule has 0 fully saturated rings. The Balaban J connectivity index is 4.35. The summed E-state index contributed by atoms with van der Waals surface area (Å²) in [6.45, 7) is 6.56. The fourth-order valence-corrected chi connectivity index (χ4v) is 6.86. The summed E-state index contributed by atoms with van der Waals surface area (Å²) >= 11 is 0. The molecule has 0 aromatic carbocycles. The molecule has 0 saturated heterocycles. The maximum Gasteiger partial charge on any atom is 0.306 e. The standard InChI is InChI=1S/C51H92O6/c1-4-7-10-13-16-19-21-23-25-26-28-29-32-35-38-41-44-50(53)56-47-48(46-55-49(52)43-40-37-34-31-18-15-12-9-6-3)57-51(54)45-42-39-36-33-30-27-24-22-20-17-14-11-8-5-2/h14,17,22,24-26,48H,4-13,15-16,18-21,23,27-47H2,1-3H3/b17-14-,24-22-,26-25-. The Hall–Kier alpha value is -2.37. The van der Waals surface area contributed by atoms with Gasteiger partial charge in [-0.2, -0.15) is 0 Å². The van der Waals surface area contributed by atoms with Crippen LogP contribution in [0.2, 0.25) is 0 Å². The van der Waals surface area contributed by atoms with Gasteiger partial charge in [-0.3, -0.25) is 14.4 Å². The number of unbranched alkanes of at least 4 members (excludes halogenated alkanes) is 27. The third-order valence-corrected chi connectivity index (χ3v) is 10.6. The monoisotopic (exact) mass is 801 g/mol. The second-order valence-electron chi connectivity index (χ2n) is 16.4. The Labute approximate surface area is 353 Å². The Bertz CT molecular complexity index is 969. The number of esters is 3. The molecule has 0 amide bonds. The Morgan fingerprint density at radius 2 is 0.649 bits per heavy atom. The molecule has 0 aromatic heterocycles. The van der Waals surface area contributed by atoms with Crippen LogP contribution < -0.4 is 0 Å². The van der Waals surface area contributed by atoms with Crippen molar-refractivity contribution in [3.05, 3.63) is 36.5 Å². The summed E-state index contributed by atoms with van der Waals surface area (Å²) in [5, 5.41) is 0. The molecule has 1 atom stereocenters. The van der Waals surface area contributed by atoms with Gasteiger partial charge in [-0.15, -0.1) is 0 Å².